The Bertz CT molecular complexity index is 554. The molecule has 0 spiro atoms. The van der Waals surface area contributed by atoms with Gasteiger partial charge in [0.05, 0.1) is 5.69 Å². The molecule has 1 aromatic rings. The summed E-state index contributed by atoms with van der Waals surface area (Å²) >= 11 is 0. The van der Waals surface area contributed by atoms with Gasteiger partial charge in [0.15, 0.2) is 5.82 Å². The van der Waals surface area contributed by atoms with Crippen molar-refractivity contribution in [3.63, 3.8) is 0 Å². The number of nitrogens with zero attached hydrogens (tertiary/aromatic N) is 3. The molecule has 6 nitrogen and oxygen atoms in total. The smallest absolute Gasteiger partial charge is 0.167 e. The fourth-order valence-electron chi connectivity index (χ4n) is 3.43. The summed E-state index contributed by atoms with van der Waals surface area (Å²) in [7, 11) is 0. The topological polar surface area (TPSA) is 93.9 Å². The Kier molecular flexibility index (Phi) is 4.04. The summed E-state index contributed by atoms with van der Waals surface area (Å²) in [6.07, 6.45) is 5.38. The van der Waals surface area contributed by atoms with E-state index in [1.54, 1.807) is 0 Å². The van der Waals surface area contributed by atoms with Crippen LogP contribution in [0.15, 0.2) is 0 Å². The summed E-state index contributed by atoms with van der Waals surface area (Å²) in [5.74, 6) is 0.591. The Labute approximate surface area is 124 Å². The molecular weight excluding hydrogens is 266 g/mol. The van der Waals surface area contributed by atoms with Crippen LogP contribution in [0.3, 0.4) is 0 Å². The molecule has 0 radical (unpaired) electrons. The van der Waals surface area contributed by atoms with Gasteiger partial charge in [0.2, 0.25) is 0 Å². The normalized spacial score (nSPS) is 19.8. The van der Waals surface area contributed by atoms with E-state index in [1.807, 2.05) is 0 Å². The van der Waals surface area contributed by atoms with Gasteiger partial charge in [-0.2, -0.15) is 10.4 Å². The van der Waals surface area contributed by atoms with Crippen molar-refractivity contribution in [3.05, 3.63) is 16.8 Å². The summed E-state index contributed by atoms with van der Waals surface area (Å²) in [5, 5.41) is 34.2. The average Bonchev–Trinajstić information content (AvgIpc) is 2.97. The predicted molar refractivity (Wildman–Crippen MR) is 78.9 cm³/mol. The van der Waals surface area contributed by atoms with Crippen LogP contribution in [0.4, 0.5) is 5.82 Å². The van der Waals surface area contributed by atoms with Crippen LogP contribution in [0.25, 0.3) is 0 Å². The van der Waals surface area contributed by atoms with Gasteiger partial charge in [-0.1, -0.05) is 0 Å². The Balaban J connectivity index is 1.91. The first-order valence-electron chi connectivity index (χ1n) is 7.66. The molecule has 1 fully saturated rings. The lowest BCUT2D eigenvalue weighted by Gasteiger charge is -2.38. The molecule has 2 heterocycles. The van der Waals surface area contributed by atoms with Crippen LogP contribution >= 0.6 is 0 Å². The third-order valence-corrected chi connectivity index (χ3v) is 4.64. The number of aliphatic hydroxyl groups is 1. The number of aryl methyl sites for hydroxylation is 1. The monoisotopic (exact) mass is 287 g/mol. The first kappa shape index (κ1) is 14.2. The summed E-state index contributed by atoms with van der Waals surface area (Å²) in [6.45, 7) is 1.95. The van der Waals surface area contributed by atoms with Gasteiger partial charge in [-0.05, 0) is 57.2 Å². The zero-order valence-corrected chi connectivity index (χ0v) is 12.2. The molecule has 3 rings (SSSR count). The molecule has 0 saturated carbocycles. The molecule has 0 unspecified atom stereocenters. The van der Waals surface area contributed by atoms with Crippen molar-refractivity contribution >= 4 is 5.82 Å². The second-order valence-corrected chi connectivity index (χ2v) is 5.94. The molecule has 0 bridgehead atoms. The Morgan fingerprint density at radius 1 is 1.29 bits per heavy atom. The van der Waals surface area contributed by atoms with Crippen molar-refractivity contribution in [3.8, 4) is 6.07 Å². The van der Waals surface area contributed by atoms with Gasteiger partial charge >= 0.3 is 0 Å². The fraction of sp³-hybridized carbons (Fsp3) is 0.667. The summed E-state index contributed by atoms with van der Waals surface area (Å²) in [6, 6.07) is 2.30. The van der Waals surface area contributed by atoms with Crippen molar-refractivity contribution in [2.24, 2.45) is 0 Å². The van der Waals surface area contributed by atoms with Gasteiger partial charge in [0, 0.05) is 12.1 Å². The largest absolute Gasteiger partial charge is 0.396 e. The fourth-order valence-corrected chi connectivity index (χ4v) is 3.43. The molecular formula is C15H21N5O. The van der Waals surface area contributed by atoms with E-state index < -0.39 is 0 Å². The first-order chi connectivity index (χ1) is 10.3. The molecule has 21 heavy (non-hydrogen) atoms. The van der Waals surface area contributed by atoms with Crippen LogP contribution < -0.4 is 10.6 Å². The zero-order chi connectivity index (χ0) is 14.7. The van der Waals surface area contributed by atoms with Gasteiger partial charge < -0.3 is 15.7 Å². The first-order valence-corrected chi connectivity index (χ1v) is 7.66. The van der Waals surface area contributed by atoms with Gasteiger partial charge in [0.1, 0.15) is 11.6 Å². The second-order valence-electron chi connectivity index (χ2n) is 5.94. The van der Waals surface area contributed by atoms with E-state index in [0.29, 0.717) is 17.8 Å². The molecule has 0 atom stereocenters. The number of hydrogen-bond donors (Lipinski definition) is 3. The minimum Gasteiger partial charge on any atom is -0.396 e. The third-order valence-electron chi connectivity index (χ3n) is 4.64. The van der Waals surface area contributed by atoms with Crippen molar-refractivity contribution in [2.45, 2.75) is 44.1 Å². The Morgan fingerprint density at radius 3 is 2.81 bits per heavy atom. The van der Waals surface area contributed by atoms with Gasteiger partial charge in [-0.25, -0.2) is 0 Å². The lowest BCUT2D eigenvalue weighted by molar-refractivity contribution is 0.221. The second kappa shape index (κ2) is 5.96. The summed E-state index contributed by atoms with van der Waals surface area (Å²) < 4.78 is 0. The SMILES string of the molecule is N#Cc1c(NC2(CCO)CCNCC2)nnc2c1CCC2. The molecule has 112 valence electrons. The van der Waals surface area contributed by atoms with Gasteiger partial charge in [0.25, 0.3) is 0 Å². The van der Waals surface area contributed by atoms with Crippen LogP contribution in [-0.2, 0) is 12.8 Å². The van der Waals surface area contributed by atoms with Gasteiger partial charge in [-0.3, -0.25) is 0 Å². The maximum atomic E-state index is 9.51. The van der Waals surface area contributed by atoms with Crippen LogP contribution in [0.1, 0.15) is 42.5 Å². The van der Waals surface area contributed by atoms with Crippen molar-refractivity contribution in [1.29, 1.82) is 5.26 Å². The molecule has 1 aromatic heterocycles. The maximum Gasteiger partial charge on any atom is 0.167 e. The van der Waals surface area contributed by atoms with E-state index in [9.17, 15) is 10.4 Å². The number of aliphatic hydroxyl groups excluding tert-OH is 1. The summed E-state index contributed by atoms with van der Waals surface area (Å²) in [4.78, 5) is 0. The highest BCUT2D eigenvalue weighted by molar-refractivity contribution is 5.58. The van der Waals surface area contributed by atoms with Gasteiger partial charge in [-0.15, -0.1) is 5.10 Å². The molecule has 0 aromatic carbocycles. The Hall–Kier alpha value is -1.71. The molecule has 1 aliphatic heterocycles. The number of fused-ring (bicyclic) bond motifs is 1. The highest BCUT2D eigenvalue weighted by Gasteiger charge is 2.33. The molecule has 1 saturated heterocycles. The van der Waals surface area contributed by atoms with Crippen LogP contribution in [0, 0.1) is 11.3 Å². The lowest BCUT2D eigenvalue weighted by atomic mass is 9.85. The van der Waals surface area contributed by atoms with E-state index >= 15 is 0 Å². The molecule has 6 heteroatoms. The highest BCUT2D eigenvalue weighted by Crippen LogP contribution is 2.31. The van der Waals surface area contributed by atoms with E-state index in [-0.39, 0.29) is 12.1 Å². The number of nitrogens with one attached hydrogen (secondary N) is 2. The Morgan fingerprint density at radius 2 is 2.10 bits per heavy atom. The minimum atomic E-state index is -0.187. The van der Waals surface area contributed by atoms with Crippen LogP contribution in [0.2, 0.25) is 0 Å². The van der Waals surface area contributed by atoms with Crippen molar-refractivity contribution < 1.29 is 5.11 Å². The molecule has 2 aliphatic rings. The number of nitriles is 1. The third kappa shape index (κ3) is 2.71. The molecule has 3 N–H and O–H groups in total. The highest BCUT2D eigenvalue weighted by atomic mass is 16.3. The van der Waals surface area contributed by atoms with Crippen LogP contribution in [0.5, 0.6) is 0 Å². The van der Waals surface area contributed by atoms with Crippen molar-refractivity contribution in [2.75, 3.05) is 25.0 Å². The zero-order valence-electron chi connectivity index (χ0n) is 12.2. The van der Waals surface area contributed by atoms with E-state index in [2.05, 4.69) is 26.9 Å². The molecule has 1 aliphatic carbocycles. The predicted octanol–water partition coefficient (Wildman–Crippen LogP) is 0.753. The number of hydrogen-bond acceptors (Lipinski definition) is 6. The van der Waals surface area contributed by atoms with E-state index in [0.717, 1.165) is 56.5 Å². The quantitative estimate of drug-likeness (QED) is 0.756. The minimum absolute atomic E-state index is 0.132. The number of aromatic nitrogens is 2. The molecule has 0 amide bonds. The number of anilines is 1. The van der Waals surface area contributed by atoms with E-state index in [1.165, 1.54) is 0 Å². The summed E-state index contributed by atoms with van der Waals surface area (Å²) in [5.41, 5.74) is 2.49. The number of piperidine rings is 1. The average molecular weight is 287 g/mol. The van der Waals surface area contributed by atoms with E-state index in [4.69, 9.17) is 0 Å². The lowest BCUT2D eigenvalue weighted by Crippen LogP contribution is -2.48. The maximum absolute atomic E-state index is 9.51. The van der Waals surface area contributed by atoms with Crippen molar-refractivity contribution in [1.82, 2.24) is 15.5 Å². The number of rotatable bonds is 4. The van der Waals surface area contributed by atoms with Crippen LogP contribution in [-0.4, -0.2) is 40.5 Å². The standard InChI is InChI=1S/C15H21N5O/c16-10-12-11-2-1-3-13(11)19-20-14(12)18-15(6-9-21)4-7-17-8-5-15/h17,21H,1-9H2,(H,18,20).